The third-order valence-electron chi connectivity index (χ3n) is 3.82. The Morgan fingerprint density at radius 1 is 1.48 bits per heavy atom. The van der Waals surface area contributed by atoms with Crippen LogP contribution in [0.15, 0.2) is 24.4 Å². The second-order valence-corrected chi connectivity index (χ2v) is 5.62. The van der Waals surface area contributed by atoms with Gasteiger partial charge in [0, 0.05) is 23.1 Å². The van der Waals surface area contributed by atoms with E-state index in [1.165, 1.54) is 6.47 Å². The molecule has 0 spiro atoms. The summed E-state index contributed by atoms with van der Waals surface area (Å²) in [4.78, 5) is 13.5. The van der Waals surface area contributed by atoms with E-state index in [-0.39, 0.29) is 6.04 Å². The van der Waals surface area contributed by atoms with Gasteiger partial charge in [-0.15, -0.1) is 0 Å². The van der Waals surface area contributed by atoms with Gasteiger partial charge < -0.3 is 15.5 Å². The molecule has 1 atom stereocenters. The average Bonchev–Trinajstić information content (AvgIpc) is 2.86. The lowest BCUT2D eigenvalue weighted by Crippen LogP contribution is -2.45. The molecule has 1 heterocycles. The molecule has 5 nitrogen and oxygen atoms in total. The Labute approximate surface area is 123 Å². The van der Waals surface area contributed by atoms with Gasteiger partial charge in [-0.2, -0.15) is 5.26 Å². The summed E-state index contributed by atoms with van der Waals surface area (Å²) in [5, 5.41) is 10.0. The van der Waals surface area contributed by atoms with Crippen molar-refractivity contribution < 1.29 is 9.53 Å². The van der Waals surface area contributed by atoms with Crippen molar-refractivity contribution in [3.05, 3.63) is 35.5 Å². The lowest BCUT2D eigenvalue weighted by atomic mass is 9.93. The number of nitrogens with two attached hydrogens (primary N) is 1. The number of aromatic nitrogens is 1. The highest BCUT2D eigenvalue weighted by Gasteiger charge is 2.28. The van der Waals surface area contributed by atoms with Crippen LogP contribution < -0.4 is 5.73 Å². The Balaban J connectivity index is 2.14. The minimum absolute atomic E-state index is 0.289. The fraction of sp³-hybridized carbons (Fsp3) is 0.375. The van der Waals surface area contributed by atoms with Gasteiger partial charge in [0.15, 0.2) is 0 Å². The smallest absolute Gasteiger partial charge is 0.418 e. The van der Waals surface area contributed by atoms with Crippen LogP contribution >= 0.6 is 0 Å². The highest BCUT2D eigenvalue weighted by Crippen LogP contribution is 2.23. The summed E-state index contributed by atoms with van der Waals surface area (Å²) in [5.41, 5.74) is 8.07. The molecule has 1 unspecified atom stereocenters. The molecule has 0 aliphatic rings. The van der Waals surface area contributed by atoms with Crippen LogP contribution in [0.5, 0.6) is 0 Å². The predicted molar refractivity (Wildman–Crippen MR) is 80.2 cm³/mol. The molecular formula is C16H18N3O2. The summed E-state index contributed by atoms with van der Waals surface area (Å²) in [7, 11) is 0. The van der Waals surface area contributed by atoms with Gasteiger partial charge in [-0.3, -0.25) is 0 Å². The molecule has 0 aliphatic carbocycles. The molecule has 0 fully saturated rings. The van der Waals surface area contributed by atoms with Crippen molar-refractivity contribution in [1.82, 2.24) is 4.98 Å². The topological polar surface area (TPSA) is 91.9 Å². The van der Waals surface area contributed by atoms with Gasteiger partial charge in [-0.05, 0) is 50.5 Å². The lowest BCUT2D eigenvalue weighted by molar-refractivity contribution is 0.0590. The third-order valence-corrected chi connectivity index (χ3v) is 3.82. The Kier molecular flexibility index (Phi) is 4.29. The predicted octanol–water partition coefficient (Wildman–Crippen LogP) is 2.16. The third kappa shape index (κ3) is 3.23. The van der Waals surface area contributed by atoms with Crippen LogP contribution in [0.25, 0.3) is 10.9 Å². The zero-order chi connectivity index (χ0) is 15.5. The lowest BCUT2D eigenvalue weighted by Gasteiger charge is -2.29. The molecule has 2 rings (SSSR count). The molecule has 0 amide bonds. The number of nitrogens with one attached hydrogen (secondary N) is 1. The minimum atomic E-state index is -0.744. The Morgan fingerprint density at radius 3 is 2.90 bits per heavy atom. The first kappa shape index (κ1) is 15.1. The standard InChI is InChI=1S/C16H18N3O2/c1-16(2,21-10-20)15(18)6-4-12-9-19-14-5-3-11(8-17)7-13(12)14/h3,5,7,9,15,19H,4,6,18H2,1-2H3. The number of hydrogen-bond acceptors (Lipinski definition) is 4. The summed E-state index contributed by atoms with van der Waals surface area (Å²) in [5.74, 6) is 0. The van der Waals surface area contributed by atoms with E-state index in [4.69, 9.17) is 15.7 Å². The number of rotatable bonds is 6. The van der Waals surface area contributed by atoms with Crippen LogP contribution in [-0.4, -0.2) is 23.1 Å². The first-order chi connectivity index (χ1) is 9.97. The van der Waals surface area contributed by atoms with Crippen molar-refractivity contribution in [2.45, 2.75) is 38.3 Å². The van der Waals surface area contributed by atoms with Crippen molar-refractivity contribution in [3.63, 3.8) is 0 Å². The van der Waals surface area contributed by atoms with Gasteiger partial charge in [-0.1, -0.05) is 0 Å². The number of ether oxygens (including phenoxy) is 1. The molecule has 1 aromatic heterocycles. The molecule has 1 aromatic carbocycles. The summed E-state index contributed by atoms with van der Waals surface area (Å²) in [6.45, 7) is 4.99. The molecule has 109 valence electrons. The van der Waals surface area contributed by atoms with Gasteiger partial charge in [0.05, 0.1) is 11.6 Å². The fourth-order valence-electron chi connectivity index (χ4n) is 2.30. The van der Waals surface area contributed by atoms with Crippen molar-refractivity contribution in [3.8, 4) is 6.07 Å². The molecule has 0 saturated heterocycles. The van der Waals surface area contributed by atoms with Crippen LogP contribution in [0.1, 0.15) is 31.4 Å². The Bertz CT molecular complexity index is 682. The summed E-state index contributed by atoms with van der Waals surface area (Å²) >= 11 is 0. The summed E-state index contributed by atoms with van der Waals surface area (Å²) in [6.07, 6.45) is 3.33. The molecular weight excluding hydrogens is 266 g/mol. The zero-order valence-corrected chi connectivity index (χ0v) is 12.1. The number of benzene rings is 1. The number of aryl methyl sites for hydroxylation is 1. The maximum atomic E-state index is 10.4. The maximum Gasteiger partial charge on any atom is 0.418 e. The Morgan fingerprint density at radius 2 is 2.24 bits per heavy atom. The van der Waals surface area contributed by atoms with Crippen molar-refractivity contribution >= 4 is 17.4 Å². The highest BCUT2D eigenvalue weighted by molar-refractivity contribution is 5.84. The normalized spacial score (nSPS) is 12.9. The summed E-state index contributed by atoms with van der Waals surface area (Å²) in [6, 6.07) is 7.40. The number of fused-ring (bicyclic) bond motifs is 1. The molecule has 0 bridgehead atoms. The number of aromatic amines is 1. The first-order valence-electron chi connectivity index (χ1n) is 6.79. The van der Waals surface area contributed by atoms with Crippen molar-refractivity contribution in [2.24, 2.45) is 5.73 Å². The van der Waals surface area contributed by atoms with Crippen molar-refractivity contribution in [2.75, 3.05) is 0 Å². The molecule has 0 saturated carbocycles. The maximum absolute atomic E-state index is 10.4. The van der Waals surface area contributed by atoms with Gasteiger partial charge in [0.25, 0.3) is 0 Å². The minimum Gasteiger partial charge on any atom is -0.450 e. The fourth-order valence-corrected chi connectivity index (χ4v) is 2.30. The van der Waals surface area contributed by atoms with E-state index in [0.717, 1.165) is 22.9 Å². The van der Waals surface area contributed by atoms with E-state index in [1.54, 1.807) is 19.9 Å². The number of carbonyl (C=O) groups excluding carboxylic acids is 1. The molecule has 1 radical (unpaired) electrons. The first-order valence-corrected chi connectivity index (χ1v) is 6.79. The second kappa shape index (κ2) is 5.98. The average molecular weight is 284 g/mol. The molecule has 0 aliphatic heterocycles. The van der Waals surface area contributed by atoms with Gasteiger partial charge >= 0.3 is 6.47 Å². The monoisotopic (exact) mass is 284 g/mol. The van der Waals surface area contributed by atoms with Crippen LogP contribution in [-0.2, 0) is 16.0 Å². The molecule has 3 N–H and O–H groups in total. The second-order valence-electron chi connectivity index (χ2n) is 5.62. The SMILES string of the molecule is CC(C)(O[C]=O)C(N)CCc1c[nH]c2ccc(C#N)cc12. The van der Waals surface area contributed by atoms with Crippen molar-refractivity contribution in [1.29, 1.82) is 5.26 Å². The number of nitrogens with zero attached hydrogens (tertiary/aromatic N) is 1. The summed E-state index contributed by atoms with van der Waals surface area (Å²) < 4.78 is 4.90. The van der Waals surface area contributed by atoms with E-state index < -0.39 is 5.60 Å². The van der Waals surface area contributed by atoms with Gasteiger partial charge in [0.1, 0.15) is 5.60 Å². The van der Waals surface area contributed by atoms with Crippen LogP contribution in [0.4, 0.5) is 0 Å². The number of hydrogen-bond donors (Lipinski definition) is 2. The van der Waals surface area contributed by atoms with Crippen LogP contribution in [0.3, 0.4) is 0 Å². The highest BCUT2D eigenvalue weighted by atomic mass is 16.5. The molecule has 21 heavy (non-hydrogen) atoms. The Hall–Kier alpha value is -2.32. The molecule has 2 aromatic rings. The zero-order valence-electron chi connectivity index (χ0n) is 12.1. The van der Waals surface area contributed by atoms with E-state index in [0.29, 0.717) is 12.0 Å². The van der Waals surface area contributed by atoms with Gasteiger partial charge in [-0.25, -0.2) is 4.79 Å². The van der Waals surface area contributed by atoms with Crippen LogP contribution in [0, 0.1) is 11.3 Å². The van der Waals surface area contributed by atoms with E-state index >= 15 is 0 Å². The van der Waals surface area contributed by atoms with E-state index in [1.807, 2.05) is 18.3 Å². The van der Waals surface area contributed by atoms with Crippen LogP contribution in [0.2, 0.25) is 0 Å². The quantitative estimate of drug-likeness (QED) is 0.850. The number of nitriles is 1. The van der Waals surface area contributed by atoms with Gasteiger partial charge in [0.2, 0.25) is 0 Å². The van der Waals surface area contributed by atoms with E-state index in [2.05, 4.69) is 11.1 Å². The largest absolute Gasteiger partial charge is 0.450 e. The van der Waals surface area contributed by atoms with E-state index in [9.17, 15) is 4.79 Å². The number of H-pyrrole nitrogens is 1. The molecule has 5 heteroatoms.